The molecule has 0 radical (unpaired) electrons. The predicted octanol–water partition coefficient (Wildman–Crippen LogP) is 1.22. The molecular weight excluding hydrogens is 190 g/mol. The summed E-state index contributed by atoms with van der Waals surface area (Å²) < 4.78 is 24.9. The first-order valence-electron chi connectivity index (χ1n) is 4.18. The minimum atomic E-state index is -2.72. The minimum absolute atomic E-state index is 0.265. The number of hydrogen-bond donors (Lipinski definition) is 1. The zero-order valence-electron chi connectivity index (χ0n) is 7.21. The molecule has 0 aromatic carbocycles. The van der Waals surface area contributed by atoms with Gasteiger partial charge in [0.1, 0.15) is 0 Å². The van der Waals surface area contributed by atoms with E-state index in [2.05, 4.69) is 10.3 Å². The Kier molecular flexibility index (Phi) is 1.94. The third-order valence-electron chi connectivity index (χ3n) is 2.06. The molecular formula is C9H8F2N2O. The monoisotopic (exact) mass is 198 g/mol. The van der Waals surface area contributed by atoms with E-state index in [4.69, 9.17) is 0 Å². The third kappa shape index (κ3) is 1.71. The van der Waals surface area contributed by atoms with Crippen LogP contribution in [-0.2, 0) is 0 Å². The molecule has 1 aliphatic carbocycles. The van der Waals surface area contributed by atoms with Crippen LogP contribution in [0.1, 0.15) is 16.8 Å². The van der Waals surface area contributed by atoms with Crippen molar-refractivity contribution in [3.8, 4) is 0 Å². The van der Waals surface area contributed by atoms with Gasteiger partial charge in [0.2, 0.25) is 0 Å². The Morgan fingerprint density at radius 1 is 1.64 bits per heavy atom. The molecule has 5 heteroatoms. The van der Waals surface area contributed by atoms with E-state index in [1.165, 1.54) is 18.5 Å². The highest BCUT2D eigenvalue weighted by atomic mass is 19.3. The van der Waals surface area contributed by atoms with Crippen LogP contribution in [0.5, 0.6) is 0 Å². The molecule has 0 aliphatic heterocycles. The van der Waals surface area contributed by atoms with Gasteiger partial charge in [0, 0.05) is 18.8 Å². The Morgan fingerprint density at radius 2 is 2.36 bits per heavy atom. The summed E-state index contributed by atoms with van der Waals surface area (Å²) in [6, 6.07) is 2.11. The molecule has 1 saturated carbocycles. The van der Waals surface area contributed by atoms with Crippen LogP contribution in [0.2, 0.25) is 0 Å². The smallest absolute Gasteiger partial charge is 0.270 e. The summed E-state index contributed by atoms with van der Waals surface area (Å²) in [6.07, 6.45) is 2.59. The number of nitrogens with one attached hydrogen (secondary N) is 1. The van der Waals surface area contributed by atoms with Crippen molar-refractivity contribution in [2.75, 3.05) is 0 Å². The number of nitrogens with zero attached hydrogens (tertiary/aromatic N) is 1. The summed E-state index contributed by atoms with van der Waals surface area (Å²) in [4.78, 5) is 15.0. The number of amides is 1. The molecule has 1 unspecified atom stereocenters. The van der Waals surface area contributed by atoms with Crippen LogP contribution in [0, 0.1) is 0 Å². The Balaban J connectivity index is 1.98. The van der Waals surface area contributed by atoms with E-state index < -0.39 is 17.9 Å². The molecule has 1 amide bonds. The van der Waals surface area contributed by atoms with Gasteiger partial charge in [-0.25, -0.2) is 8.78 Å². The maximum Gasteiger partial charge on any atom is 0.270 e. The quantitative estimate of drug-likeness (QED) is 0.776. The van der Waals surface area contributed by atoms with Crippen molar-refractivity contribution in [3.63, 3.8) is 0 Å². The highest BCUT2D eigenvalue weighted by molar-refractivity contribution is 5.94. The van der Waals surface area contributed by atoms with Crippen molar-refractivity contribution in [1.29, 1.82) is 0 Å². The van der Waals surface area contributed by atoms with Crippen LogP contribution >= 0.6 is 0 Å². The molecule has 1 aliphatic rings. The fourth-order valence-corrected chi connectivity index (χ4v) is 1.11. The van der Waals surface area contributed by atoms with Crippen LogP contribution in [0.3, 0.4) is 0 Å². The molecule has 1 aromatic heterocycles. The van der Waals surface area contributed by atoms with E-state index in [-0.39, 0.29) is 6.42 Å². The summed E-state index contributed by atoms with van der Waals surface area (Å²) in [5, 5.41) is 2.23. The Morgan fingerprint density at radius 3 is 2.86 bits per heavy atom. The highest BCUT2D eigenvalue weighted by Gasteiger charge is 2.57. The summed E-state index contributed by atoms with van der Waals surface area (Å²) in [7, 11) is 0. The number of aromatic nitrogens is 1. The number of halogens is 2. The van der Waals surface area contributed by atoms with E-state index in [0.717, 1.165) is 0 Å². The van der Waals surface area contributed by atoms with Gasteiger partial charge >= 0.3 is 0 Å². The number of alkyl halides is 2. The molecule has 1 heterocycles. The average molecular weight is 198 g/mol. The maximum absolute atomic E-state index is 12.4. The van der Waals surface area contributed by atoms with Gasteiger partial charge in [-0.2, -0.15) is 0 Å². The minimum Gasteiger partial charge on any atom is -0.343 e. The van der Waals surface area contributed by atoms with Gasteiger partial charge < -0.3 is 5.32 Å². The van der Waals surface area contributed by atoms with Crippen molar-refractivity contribution < 1.29 is 13.6 Å². The number of carbonyl (C=O) groups is 1. The van der Waals surface area contributed by atoms with Gasteiger partial charge in [-0.05, 0) is 12.1 Å². The van der Waals surface area contributed by atoms with E-state index in [1.54, 1.807) is 6.07 Å². The van der Waals surface area contributed by atoms with Gasteiger partial charge in [0.05, 0.1) is 11.6 Å². The number of pyridine rings is 1. The normalized spacial score (nSPS) is 22.9. The number of hydrogen-bond acceptors (Lipinski definition) is 2. The third-order valence-corrected chi connectivity index (χ3v) is 2.06. The van der Waals surface area contributed by atoms with Crippen LogP contribution in [0.15, 0.2) is 24.5 Å². The van der Waals surface area contributed by atoms with E-state index in [9.17, 15) is 13.6 Å². The molecule has 1 N–H and O–H groups in total. The van der Waals surface area contributed by atoms with E-state index in [0.29, 0.717) is 5.56 Å². The van der Waals surface area contributed by atoms with Crippen molar-refractivity contribution in [1.82, 2.24) is 10.3 Å². The van der Waals surface area contributed by atoms with Crippen molar-refractivity contribution in [2.45, 2.75) is 18.4 Å². The standard InChI is InChI=1S/C9H8F2N2O/c10-9(11)4-7(9)13-8(14)6-2-1-3-12-5-6/h1-3,5,7H,4H2,(H,13,14). The average Bonchev–Trinajstić information content (AvgIpc) is 2.75. The molecule has 1 aromatic rings. The van der Waals surface area contributed by atoms with Gasteiger partial charge in [-0.1, -0.05) is 0 Å². The molecule has 0 bridgehead atoms. The largest absolute Gasteiger partial charge is 0.343 e. The lowest BCUT2D eigenvalue weighted by Gasteiger charge is -2.02. The summed E-state index contributed by atoms with van der Waals surface area (Å²) in [6.45, 7) is 0. The highest BCUT2D eigenvalue weighted by Crippen LogP contribution is 2.41. The molecule has 0 spiro atoms. The fraction of sp³-hybridized carbons (Fsp3) is 0.333. The second-order valence-corrected chi connectivity index (χ2v) is 3.23. The van der Waals surface area contributed by atoms with Gasteiger partial charge in [-0.3, -0.25) is 9.78 Å². The first-order chi connectivity index (χ1) is 6.59. The first kappa shape index (κ1) is 9.05. The van der Waals surface area contributed by atoms with E-state index in [1.807, 2.05) is 0 Å². The van der Waals surface area contributed by atoms with Gasteiger partial charge in [0.15, 0.2) is 0 Å². The molecule has 74 valence electrons. The molecule has 14 heavy (non-hydrogen) atoms. The van der Waals surface area contributed by atoms with Crippen LogP contribution in [0.4, 0.5) is 8.78 Å². The fourth-order valence-electron chi connectivity index (χ4n) is 1.11. The van der Waals surface area contributed by atoms with Crippen LogP contribution in [0.25, 0.3) is 0 Å². The second kappa shape index (κ2) is 3.01. The first-order valence-corrected chi connectivity index (χ1v) is 4.18. The molecule has 2 rings (SSSR count). The summed E-state index contributed by atoms with van der Waals surface area (Å²) >= 11 is 0. The molecule has 1 atom stereocenters. The van der Waals surface area contributed by atoms with Crippen molar-refractivity contribution >= 4 is 5.91 Å². The Hall–Kier alpha value is -1.52. The molecule has 1 fully saturated rings. The Labute approximate surface area is 79.1 Å². The summed E-state index contributed by atoms with van der Waals surface area (Å²) in [5.41, 5.74) is 0.301. The molecule has 0 saturated heterocycles. The zero-order valence-corrected chi connectivity index (χ0v) is 7.21. The summed E-state index contributed by atoms with van der Waals surface area (Å²) in [5.74, 6) is -3.22. The zero-order chi connectivity index (χ0) is 10.2. The number of carbonyl (C=O) groups excluding carboxylic acids is 1. The SMILES string of the molecule is O=C(NC1CC1(F)F)c1cccnc1. The van der Waals surface area contributed by atoms with Gasteiger partial charge in [-0.15, -0.1) is 0 Å². The van der Waals surface area contributed by atoms with Gasteiger partial charge in [0.25, 0.3) is 11.8 Å². The predicted molar refractivity (Wildman–Crippen MR) is 45.1 cm³/mol. The van der Waals surface area contributed by atoms with Crippen molar-refractivity contribution in [2.24, 2.45) is 0 Å². The van der Waals surface area contributed by atoms with E-state index >= 15 is 0 Å². The maximum atomic E-state index is 12.4. The topological polar surface area (TPSA) is 42.0 Å². The lowest BCUT2D eigenvalue weighted by molar-refractivity contribution is 0.0849. The lowest BCUT2D eigenvalue weighted by atomic mass is 10.3. The lowest BCUT2D eigenvalue weighted by Crippen LogP contribution is -2.29. The van der Waals surface area contributed by atoms with Crippen molar-refractivity contribution in [3.05, 3.63) is 30.1 Å². The Bertz CT molecular complexity index is 353. The van der Waals surface area contributed by atoms with Crippen LogP contribution in [-0.4, -0.2) is 22.9 Å². The van der Waals surface area contributed by atoms with Crippen LogP contribution < -0.4 is 5.32 Å². The number of rotatable bonds is 2. The second-order valence-electron chi connectivity index (χ2n) is 3.23. The molecule has 3 nitrogen and oxygen atoms in total.